The van der Waals surface area contributed by atoms with Crippen molar-refractivity contribution in [1.82, 2.24) is 10.3 Å². The maximum Gasteiger partial charge on any atom is 0.252 e. The topological polar surface area (TPSA) is 42.0 Å². The summed E-state index contributed by atoms with van der Waals surface area (Å²) in [6.07, 6.45) is 0. The molecule has 0 radical (unpaired) electrons. The van der Waals surface area contributed by atoms with E-state index in [1.54, 1.807) is 11.3 Å². The first kappa shape index (κ1) is 13.7. The van der Waals surface area contributed by atoms with Gasteiger partial charge in [0.2, 0.25) is 0 Å². The van der Waals surface area contributed by atoms with Crippen molar-refractivity contribution in [2.75, 3.05) is 0 Å². The lowest BCUT2D eigenvalue weighted by molar-refractivity contribution is 0.0912. The van der Waals surface area contributed by atoms with Gasteiger partial charge in [0.05, 0.1) is 5.54 Å². The van der Waals surface area contributed by atoms with Gasteiger partial charge in [0.25, 0.3) is 5.91 Å². The van der Waals surface area contributed by atoms with Crippen LogP contribution in [0.25, 0.3) is 0 Å². The molecule has 0 saturated heterocycles. The number of thiazole rings is 1. The van der Waals surface area contributed by atoms with E-state index >= 15 is 0 Å². The third-order valence-corrected chi connectivity index (χ3v) is 4.14. The highest BCUT2D eigenvalue weighted by Crippen LogP contribution is 2.24. The van der Waals surface area contributed by atoms with Crippen LogP contribution in [0.1, 0.15) is 40.5 Å². The van der Waals surface area contributed by atoms with Gasteiger partial charge in [0.15, 0.2) is 0 Å². The van der Waals surface area contributed by atoms with Crippen molar-refractivity contribution in [3.63, 3.8) is 0 Å². The van der Waals surface area contributed by atoms with Crippen LogP contribution in [0.15, 0.2) is 29.6 Å². The van der Waals surface area contributed by atoms with Crippen molar-refractivity contribution >= 4 is 17.2 Å². The molecule has 100 valence electrons. The summed E-state index contributed by atoms with van der Waals surface area (Å²) in [4.78, 5) is 16.7. The number of rotatable bonds is 3. The van der Waals surface area contributed by atoms with Gasteiger partial charge in [-0.25, -0.2) is 4.98 Å². The van der Waals surface area contributed by atoms with Gasteiger partial charge in [-0.1, -0.05) is 17.7 Å². The zero-order chi connectivity index (χ0) is 14.0. The lowest BCUT2D eigenvalue weighted by Gasteiger charge is -2.24. The van der Waals surface area contributed by atoms with Crippen LogP contribution >= 0.6 is 11.3 Å². The predicted molar refractivity (Wildman–Crippen MR) is 78.5 cm³/mol. The minimum absolute atomic E-state index is 0.0680. The van der Waals surface area contributed by atoms with Gasteiger partial charge in [0, 0.05) is 16.6 Å². The second kappa shape index (κ2) is 5.13. The van der Waals surface area contributed by atoms with Gasteiger partial charge >= 0.3 is 0 Å². The summed E-state index contributed by atoms with van der Waals surface area (Å²) in [5, 5.41) is 5.96. The van der Waals surface area contributed by atoms with E-state index in [2.05, 4.69) is 10.3 Å². The van der Waals surface area contributed by atoms with Crippen LogP contribution in [-0.4, -0.2) is 10.9 Å². The van der Waals surface area contributed by atoms with Crippen molar-refractivity contribution < 1.29 is 4.79 Å². The molecule has 0 fully saturated rings. The Morgan fingerprint density at radius 3 is 2.63 bits per heavy atom. The first-order chi connectivity index (χ1) is 8.88. The summed E-state index contributed by atoms with van der Waals surface area (Å²) < 4.78 is 0. The fraction of sp³-hybridized carbons (Fsp3) is 0.333. The lowest BCUT2D eigenvalue weighted by atomic mass is 10.0. The number of carbonyl (C=O) groups excluding carboxylic acids is 1. The van der Waals surface area contributed by atoms with Crippen molar-refractivity contribution in [3.05, 3.63) is 51.5 Å². The molecule has 1 amide bonds. The molecule has 0 aliphatic rings. The van der Waals surface area contributed by atoms with Crippen molar-refractivity contribution in [2.24, 2.45) is 0 Å². The molecule has 1 heterocycles. The Hall–Kier alpha value is -1.68. The predicted octanol–water partition coefficient (Wildman–Crippen LogP) is 3.43. The molecule has 0 spiro atoms. The SMILES string of the molecule is Cc1cccc(C(=O)NC(C)(C)c2nc(C)cs2)c1. The van der Waals surface area contributed by atoms with Gasteiger partial charge < -0.3 is 5.32 Å². The van der Waals surface area contributed by atoms with Crippen molar-refractivity contribution in [2.45, 2.75) is 33.2 Å². The Kier molecular flexibility index (Phi) is 3.71. The summed E-state index contributed by atoms with van der Waals surface area (Å²) >= 11 is 1.57. The normalized spacial score (nSPS) is 11.4. The molecule has 0 unspecified atom stereocenters. The lowest BCUT2D eigenvalue weighted by Crippen LogP contribution is -2.41. The molecule has 0 aliphatic heterocycles. The number of benzene rings is 1. The molecule has 0 bridgehead atoms. The summed E-state index contributed by atoms with van der Waals surface area (Å²) in [7, 11) is 0. The Morgan fingerprint density at radius 1 is 1.32 bits per heavy atom. The maximum atomic E-state index is 12.3. The quantitative estimate of drug-likeness (QED) is 0.931. The van der Waals surface area contributed by atoms with E-state index < -0.39 is 5.54 Å². The number of hydrogen-bond acceptors (Lipinski definition) is 3. The maximum absolute atomic E-state index is 12.3. The minimum Gasteiger partial charge on any atom is -0.341 e. The van der Waals surface area contributed by atoms with Gasteiger partial charge in [0.1, 0.15) is 5.01 Å². The molecule has 2 aromatic rings. The van der Waals surface area contributed by atoms with E-state index in [1.807, 2.05) is 57.3 Å². The second-order valence-corrected chi connectivity index (χ2v) is 6.10. The first-order valence-corrected chi connectivity index (χ1v) is 7.08. The van der Waals surface area contributed by atoms with Gasteiger partial charge in [-0.2, -0.15) is 0 Å². The number of aryl methyl sites for hydroxylation is 2. The van der Waals surface area contributed by atoms with E-state index in [4.69, 9.17) is 0 Å². The van der Waals surface area contributed by atoms with Crippen LogP contribution in [0.5, 0.6) is 0 Å². The third-order valence-electron chi connectivity index (χ3n) is 2.86. The fourth-order valence-electron chi connectivity index (χ4n) is 1.84. The number of hydrogen-bond donors (Lipinski definition) is 1. The molecular weight excluding hydrogens is 256 g/mol. The van der Waals surface area contributed by atoms with Crippen LogP contribution in [0.2, 0.25) is 0 Å². The Morgan fingerprint density at radius 2 is 2.05 bits per heavy atom. The smallest absolute Gasteiger partial charge is 0.252 e. The Bertz CT molecular complexity index is 602. The van der Waals surface area contributed by atoms with Crippen LogP contribution in [-0.2, 0) is 5.54 Å². The van der Waals surface area contributed by atoms with E-state index in [9.17, 15) is 4.79 Å². The average molecular weight is 274 g/mol. The van der Waals surface area contributed by atoms with Gasteiger partial charge in [-0.3, -0.25) is 4.79 Å². The molecular formula is C15H18N2OS. The molecule has 0 aliphatic carbocycles. The summed E-state index contributed by atoms with van der Waals surface area (Å²) in [5.41, 5.74) is 2.29. The largest absolute Gasteiger partial charge is 0.341 e. The number of nitrogens with zero attached hydrogens (tertiary/aromatic N) is 1. The fourth-order valence-corrected chi connectivity index (χ4v) is 2.71. The van der Waals surface area contributed by atoms with Crippen LogP contribution < -0.4 is 5.32 Å². The Labute approximate surface area is 117 Å². The highest BCUT2D eigenvalue weighted by Gasteiger charge is 2.26. The minimum atomic E-state index is -0.459. The van der Waals surface area contributed by atoms with E-state index in [0.717, 1.165) is 16.3 Å². The summed E-state index contributed by atoms with van der Waals surface area (Å²) in [6, 6.07) is 7.58. The molecule has 1 aromatic carbocycles. The highest BCUT2D eigenvalue weighted by molar-refractivity contribution is 7.09. The Balaban J connectivity index is 2.18. The monoisotopic (exact) mass is 274 g/mol. The first-order valence-electron chi connectivity index (χ1n) is 6.20. The van der Waals surface area contributed by atoms with Gasteiger partial charge in [-0.15, -0.1) is 11.3 Å². The van der Waals surface area contributed by atoms with Crippen molar-refractivity contribution in [1.29, 1.82) is 0 Å². The third kappa shape index (κ3) is 3.20. The molecule has 19 heavy (non-hydrogen) atoms. The molecule has 1 N–H and O–H groups in total. The highest BCUT2D eigenvalue weighted by atomic mass is 32.1. The number of aromatic nitrogens is 1. The molecule has 0 atom stereocenters. The number of nitrogens with one attached hydrogen (secondary N) is 1. The average Bonchev–Trinajstić information content (AvgIpc) is 2.76. The van der Waals surface area contributed by atoms with Crippen LogP contribution in [0.4, 0.5) is 0 Å². The zero-order valence-electron chi connectivity index (χ0n) is 11.7. The molecule has 3 nitrogen and oxygen atoms in total. The van der Waals surface area contributed by atoms with Crippen LogP contribution in [0, 0.1) is 13.8 Å². The van der Waals surface area contributed by atoms with E-state index in [1.165, 1.54) is 0 Å². The van der Waals surface area contributed by atoms with Crippen molar-refractivity contribution in [3.8, 4) is 0 Å². The number of amides is 1. The number of carbonyl (C=O) groups is 1. The van der Waals surface area contributed by atoms with Gasteiger partial charge in [-0.05, 0) is 39.8 Å². The standard InChI is InChI=1S/C15H18N2OS/c1-10-6-5-7-12(8-10)13(18)17-15(3,4)14-16-11(2)9-19-14/h5-9H,1-4H3,(H,17,18). The molecule has 2 rings (SSSR count). The van der Waals surface area contributed by atoms with E-state index in [0.29, 0.717) is 5.56 Å². The molecule has 1 aromatic heterocycles. The molecule has 0 saturated carbocycles. The van der Waals surface area contributed by atoms with Crippen LogP contribution in [0.3, 0.4) is 0 Å². The zero-order valence-corrected chi connectivity index (χ0v) is 12.5. The second-order valence-electron chi connectivity index (χ2n) is 5.24. The summed E-state index contributed by atoms with van der Waals surface area (Å²) in [6.45, 7) is 7.88. The molecule has 4 heteroatoms. The van der Waals surface area contributed by atoms with E-state index in [-0.39, 0.29) is 5.91 Å². The summed E-state index contributed by atoms with van der Waals surface area (Å²) in [5.74, 6) is -0.0680.